The number of ketones is 1. The fourth-order valence-corrected chi connectivity index (χ4v) is 0.602. The Morgan fingerprint density at radius 2 is 2.00 bits per heavy atom. The third kappa shape index (κ3) is 2.38. The van der Waals surface area contributed by atoms with Gasteiger partial charge in [-0.3, -0.25) is 4.79 Å². The molecule has 0 amide bonds. The van der Waals surface area contributed by atoms with Crippen LogP contribution in [0.2, 0.25) is 0 Å². The maximum Gasteiger partial charge on any atom is 0.147 e. The quantitative estimate of drug-likeness (QED) is 0.695. The van der Waals surface area contributed by atoms with E-state index in [9.17, 15) is 4.79 Å². The van der Waals surface area contributed by atoms with Gasteiger partial charge in [0.05, 0.1) is 4.32 Å². The van der Waals surface area contributed by atoms with Crippen molar-refractivity contribution in [1.82, 2.24) is 0 Å². The molecule has 0 spiro atoms. The molecule has 0 radical (unpaired) electrons. The number of hydrogen-bond acceptors (Lipinski definition) is 1. The Morgan fingerprint density at radius 1 is 1.67 bits per heavy atom. The van der Waals surface area contributed by atoms with Crippen molar-refractivity contribution < 1.29 is 4.79 Å². The van der Waals surface area contributed by atoms with Crippen LogP contribution in [0, 0.1) is 0 Å². The topological polar surface area (TPSA) is 17.1 Å². The number of carbonyl (C=O) groups excluding carboxylic acids is 1. The van der Waals surface area contributed by atoms with E-state index in [0.717, 1.165) is 0 Å². The molecule has 0 bridgehead atoms. The van der Waals surface area contributed by atoms with E-state index in [1.54, 1.807) is 6.92 Å². The summed E-state index contributed by atoms with van der Waals surface area (Å²) >= 11 is 6.64. The number of rotatable bonds is 2. The first-order chi connectivity index (χ1) is 3.89. The Bertz CT molecular complexity index is 118. The molecular formula is C6H10Br2O. The van der Waals surface area contributed by atoms with E-state index in [2.05, 4.69) is 31.9 Å². The Morgan fingerprint density at radius 3 is 2.00 bits per heavy atom. The average Bonchev–Trinajstić information content (AvgIpc) is 1.65. The summed E-state index contributed by atoms with van der Waals surface area (Å²) < 4.78 is -0.410. The molecule has 0 saturated carbocycles. The molecule has 0 saturated heterocycles. The molecule has 0 aromatic rings. The predicted octanol–water partition coefficient (Wildman–Crippen LogP) is 2.51. The van der Waals surface area contributed by atoms with Gasteiger partial charge in [0, 0.05) is 4.83 Å². The van der Waals surface area contributed by atoms with Gasteiger partial charge in [-0.1, -0.05) is 38.8 Å². The summed E-state index contributed by atoms with van der Waals surface area (Å²) in [7, 11) is 0. The van der Waals surface area contributed by atoms with E-state index < -0.39 is 4.32 Å². The van der Waals surface area contributed by atoms with Gasteiger partial charge in [0.2, 0.25) is 0 Å². The SMILES string of the molecule is CC(=O)C(C)(Br)C(C)Br. The largest absolute Gasteiger partial charge is 0.298 e. The fourth-order valence-electron chi connectivity index (χ4n) is 0.280. The van der Waals surface area contributed by atoms with Gasteiger partial charge in [-0.05, 0) is 13.8 Å². The molecule has 0 aliphatic carbocycles. The van der Waals surface area contributed by atoms with Crippen LogP contribution in [-0.4, -0.2) is 14.9 Å². The van der Waals surface area contributed by atoms with E-state index in [1.165, 1.54) is 0 Å². The molecule has 0 rings (SSSR count). The number of Topliss-reactive ketones (excluding diaryl/α,β-unsaturated/α-hetero) is 1. The van der Waals surface area contributed by atoms with Gasteiger partial charge in [0.1, 0.15) is 5.78 Å². The van der Waals surface area contributed by atoms with Crippen LogP contribution in [0.4, 0.5) is 0 Å². The van der Waals surface area contributed by atoms with E-state index in [1.807, 2.05) is 13.8 Å². The maximum absolute atomic E-state index is 10.8. The zero-order valence-electron chi connectivity index (χ0n) is 5.74. The average molecular weight is 258 g/mol. The van der Waals surface area contributed by atoms with Crippen molar-refractivity contribution in [1.29, 1.82) is 0 Å². The molecule has 0 heterocycles. The molecule has 0 aliphatic rings. The lowest BCUT2D eigenvalue weighted by molar-refractivity contribution is -0.118. The third-order valence-corrected chi connectivity index (χ3v) is 4.21. The highest BCUT2D eigenvalue weighted by Crippen LogP contribution is 2.27. The van der Waals surface area contributed by atoms with Crippen molar-refractivity contribution >= 4 is 37.6 Å². The second kappa shape index (κ2) is 3.15. The van der Waals surface area contributed by atoms with E-state index in [-0.39, 0.29) is 10.6 Å². The molecule has 0 aromatic carbocycles. The molecule has 2 unspecified atom stereocenters. The highest BCUT2D eigenvalue weighted by atomic mass is 79.9. The molecule has 0 aromatic heterocycles. The summed E-state index contributed by atoms with van der Waals surface area (Å²) in [5.74, 6) is 0.145. The summed E-state index contributed by atoms with van der Waals surface area (Å²) in [6.45, 7) is 5.37. The number of halogens is 2. The normalized spacial score (nSPS) is 20.6. The molecule has 0 N–H and O–H groups in total. The minimum atomic E-state index is -0.410. The summed E-state index contributed by atoms with van der Waals surface area (Å²) in [5, 5.41) is 0. The monoisotopic (exact) mass is 256 g/mol. The first kappa shape index (κ1) is 9.63. The second-order valence-electron chi connectivity index (χ2n) is 2.25. The standard InChI is InChI=1S/C6H10Br2O/c1-4(7)6(3,8)5(2)9/h4H,1-3H3. The van der Waals surface area contributed by atoms with Gasteiger partial charge in [0.25, 0.3) is 0 Å². The number of hydrogen-bond donors (Lipinski definition) is 0. The molecule has 1 nitrogen and oxygen atoms in total. The lowest BCUT2D eigenvalue weighted by Crippen LogP contribution is -2.33. The first-order valence-electron chi connectivity index (χ1n) is 2.73. The molecular weight excluding hydrogens is 248 g/mol. The zero-order chi connectivity index (χ0) is 7.65. The van der Waals surface area contributed by atoms with Gasteiger partial charge in [-0.15, -0.1) is 0 Å². The van der Waals surface area contributed by atoms with Crippen LogP contribution in [0.5, 0.6) is 0 Å². The van der Waals surface area contributed by atoms with Crippen LogP contribution in [-0.2, 0) is 4.79 Å². The Balaban J connectivity index is 4.19. The van der Waals surface area contributed by atoms with Crippen LogP contribution in [0.15, 0.2) is 0 Å². The Kier molecular flexibility index (Phi) is 3.37. The molecule has 2 atom stereocenters. The van der Waals surface area contributed by atoms with Crippen molar-refractivity contribution in [2.24, 2.45) is 0 Å². The highest BCUT2D eigenvalue weighted by Gasteiger charge is 2.30. The number of alkyl halides is 2. The molecule has 54 valence electrons. The maximum atomic E-state index is 10.8. The smallest absolute Gasteiger partial charge is 0.147 e. The summed E-state index contributed by atoms with van der Waals surface area (Å²) in [5.41, 5.74) is 0. The number of carbonyl (C=O) groups is 1. The predicted molar refractivity (Wildman–Crippen MR) is 46.4 cm³/mol. The van der Waals surface area contributed by atoms with Crippen molar-refractivity contribution in [3.8, 4) is 0 Å². The van der Waals surface area contributed by atoms with E-state index in [0.29, 0.717) is 0 Å². The van der Waals surface area contributed by atoms with Gasteiger partial charge in [-0.25, -0.2) is 0 Å². The van der Waals surface area contributed by atoms with Crippen LogP contribution >= 0.6 is 31.9 Å². The lowest BCUT2D eigenvalue weighted by atomic mass is 10.1. The van der Waals surface area contributed by atoms with Crippen molar-refractivity contribution in [3.63, 3.8) is 0 Å². The summed E-state index contributed by atoms with van der Waals surface area (Å²) in [4.78, 5) is 11.0. The molecule has 9 heavy (non-hydrogen) atoms. The molecule has 3 heteroatoms. The van der Waals surface area contributed by atoms with Crippen molar-refractivity contribution in [2.45, 2.75) is 29.9 Å². The van der Waals surface area contributed by atoms with E-state index in [4.69, 9.17) is 0 Å². The molecule has 0 fully saturated rings. The fraction of sp³-hybridized carbons (Fsp3) is 0.833. The highest BCUT2D eigenvalue weighted by molar-refractivity contribution is 9.12. The van der Waals surface area contributed by atoms with Crippen LogP contribution in [0.1, 0.15) is 20.8 Å². The van der Waals surface area contributed by atoms with Gasteiger partial charge >= 0.3 is 0 Å². The van der Waals surface area contributed by atoms with Crippen molar-refractivity contribution in [2.75, 3.05) is 0 Å². The van der Waals surface area contributed by atoms with Gasteiger partial charge < -0.3 is 0 Å². The minimum Gasteiger partial charge on any atom is -0.298 e. The van der Waals surface area contributed by atoms with Crippen LogP contribution in [0.3, 0.4) is 0 Å². The van der Waals surface area contributed by atoms with Gasteiger partial charge in [-0.2, -0.15) is 0 Å². The summed E-state index contributed by atoms with van der Waals surface area (Å²) in [6.07, 6.45) is 0. The second-order valence-corrected chi connectivity index (χ2v) is 5.27. The third-order valence-electron chi connectivity index (χ3n) is 1.44. The van der Waals surface area contributed by atoms with Crippen LogP contribution < -0.4 is 0 Å². The van der Waals surface area contributed by atoms with Crippen molar-refractivity contribution in [3.05, 3.63) is 0 Å². The van der Waals surface area contributed by atoms with Gasteiger partial charge in [0.15, 0.2) is 0 Å². The Hall–Kier alpha value is 0.630. The Labute approximate surface area is 72.5 Å². The first-order valence-corrected chi connectivity index (χ1v) is 4.44. The minimum absolute atomic E-state index is 0.145. The van der Waals surface area contributed by atoms with E-state index >= 15 is 0 Å². The lowest BCUT2D eigenvalue weighted by Gasteiger charge is -2.21. The summed E-state index contributed by atoms with van der Waals surface area (Å²) in [6, 6.07) is 0. The van der Waals surface area contributed by atoms with Crippen LogP contribution in [0.25, 0.3) is 0 Å². The zero-order valence-corrected chi connectivity index (χ0v) is 8.91. The molecule has 0 aliphatic heterocycles.